The molecule has 0 atom stereocenters. The number of aromatic nitrogens is 1. The van der Waals surface area contributed by atoms with Gasteiger partial charge in [-0.2, -0.15) is 0 Å². The van der Waals surface area contributed by atoms with Crippen LogP contribution in [0.3, 0.4) is 0 Å². The molecule has 6 heteroatoms. The number of anilines is 1. The maximum Gasteiger partial charge on any atom is 0.245 e. The second-order valence-corrected chi connectivity index (χ2v) is 5.77. The van der Waals surface area contributed by atoms with E-state index in [1.54, 1.807) is 17.9 Å². The number of hydrogen-bond donors (Lipinski definition) is 1. The van der Waals surface area contributed by atoms with Gasteiger partial charge in [0.05, 0.1) is 6.54 Å². The van der Waals surface area contributed by atoms with Crippen molar-refractivity contribution in [2.75, 3.05) is 18.4 Å². The van der Waals surface area contributed by atoms with Gasteiger partial charge in [-0.25, -0.2) is 0 Å². The highest BCUT2D eigenvalue weighted by molar-refractivity contribution is 5.93. The molecule has 0 saturated heterocycles. The van der Waals surface area contributed by atoms with Gasteiger partial charge in [0.25, 0.3) is 0 Å². The Morgan fingerprint density at radius 1 is 1.38 bits per heavy atom. The minimum atomic E-state index is -0.241. The number of carbonyl (C=O) groups is 2. The zero-order valence-corrected chi connectivity index (χ0v) is 12.7. The summed E-state index contributed by atoms with van der Waals surface area (Å²) in [6.07, 6.45) is 6.02. The minimum Gasteiger partial charge on any atom is -0.360 e. The van der Waals surface area contributed by atoms with Crippen LogP contribution in [0, 0.1) is 12.8 Å². The molecule has 0 aliphatic heterocycles. The molecule has 2 amide bonds. The third kappa shape index (κ3) is 4.88. The van der Waals surface area contributed by atoms with E-state index in [0.717, 1.165) is 12.8 Å². The Balaban J connectivity index is 1.86. The first-order valence-corrected chi connectivity index (χ1v) is 7.53. The maximum atomic E-state index is 12.0. The number of aryl methyl sites for hydroxylation is 1. The highest BCUT2D eigenvalue weighted by Gasteiger charge is 2.21. The second-order valence-electron chi connectivity index (χ2n) is 5.77. The molecule has 1 aromatic heterocycles. The van der Waals surface area contributed by atoms with Gasteiger partial charge in [0.1, 0.15) is 5.76 Å². The van der Waals surface area contributed by atoms with Crippen LogP contribution in [0.5, 0.6) is 0 Å². The normalized spacial score (nSPS) is 15.7. The van der Waals surface area contributed by atoms with Gasteiger partial charge in [-0.05, 0) is 25.7 Å². The summed E-state index contributed by atoms with van der Waals surface area (Å²) < 4.78 is 4.89. The molecule has 21 heavy (non-hydrogen) atoms. The van der Waals surface area contributed by atoms with Gasteiger partial charge < -0.3 is 14.7 Å². The summed E-state index contributed by atoms with van der Waals surface area (Å²) in [6.45, 7) is 4.00. The number of nitrogens with one attached hydrogen (secondary N) is 1. The molecule has 1 heterocycles. The molecule has 0 spiro atoms. The molecule has 1 fully saturated rings. The van der Waals surface area contributed by atoms with E-state index in [-0.39, 0.29) is 18.4 Å². The van der Waals surface area contributed by atoms with E-state index in [1.807, 2.05) is 0 Å². The fraction of sp³-hybridized carbons (Fsp3) is 0.667. The fourth-order valence-corrected chi connectivity index (χ4v) is 2.77. The van der Waals surface area contributed by atoms with Crippen LogP contribution >= 0.6 is 0 Å². The predicted molar refractivity (Wildman–Crippen MR) is 78.7 cm³/mol. The van der Waals surface area contributed by atoms with E-state index in [1.165, 1.54) is 26.2 Å². The lowest BCUT2D eigenvalue weighted by Gasteiger charge is -2.28. The Bertz CT molecular complexity index is 492. The summed E-state index contributed by atoms with van der Waals surface area (Å²) >= 11 is 0. The molecule has 6 nitrogen and oxygen atoms in total. The number of nitrogens with zero attached hydrogens (tertiary/aromatic N) is 2. The van der Waals surface area contributed by atoms with Crippen LogP contribution in [0.4, 0.5) is 5.82 Å². The zero-order valence-electron chi connectivity index (χ0n) is 12.7. The molecule has 1 aliphatic carbocycles. The van der Waals surface area contributed by atoms with Crippen molar-refractivity contribution in [3.8, 4) is 0 Å². The first-order valence-electron chi connectivity index (χ1n) is 7.53. The van der Waals surface area contributed by atoms with Crippen molar-refractivity contribution in [2.45, 2.75) is 46.0 Å². The van der Waals surface area contributed by atoms with Crippen molar-refractivity contribution < 1.29 is 14.1 Å². The van der Waals surface area contributed by atoms with Crippen molar-refractivity contribution in [2.24, 2.45) is 5.92 Å². The number of carbonyl (C=O) groups excluding carboxylic acids is 2. The van der Waals surface area contributed by atoms with E-state index < -0.39 is 0 Å². The zero-order chi connectivity index (χ0) is 15.2. The smallest absolute Gasteiger partial charge is 0.245 e. The molecule has 1 saturated carbocycles. The van der Waals surface area contributed by atoms with Crippen LogP contribution in [0.1, 0.15) is 44.8 Å². The average Bonchev–Trinajstić information content (AvgIpc) is 2.84. The van der Waals surface area contributed by atoms with Crippen LogP contribution in [-0.2, 0) is 9.59 Å². The monoisotopic (exact) mass is 293 g/mol. The fourth-order valence-electron chi connectivity index (χ4n) is 2.77. The van der Waals surface area contributed by atoms with Crippen molar-refractivity contribution in [1.29, 1.82) is 0 Å². The van der Waals surface area contributed by atoms with Gasteiger partial charge in [0.2, 0.25) is 11.8 Å². The minimum absolute atomic E-state index is 0.0629. The van der Waals surface area contributed by atoms with Crippen molar-refractivity contribution in [1.82, 2.24) is 10.1 Å². The summed E-state index contributed by atoms with van der Waals surface area (Å²) in [5.74, 6) is 1.24. The Morgan fingerprint density at radius 2 is 2.10 bits per heavy atom. The predicted octanol–water partition coefficient (Wildman–Crippen LogP) is 2.35. The largest absolute Gasteiger partial charge is 0.360 e. The van der Waals surface area contributed by atoms with Gasteiger partial charge in [-0.15, -0.1) is 0 Å². The quantitative estimate of drug-likeness (QED) is 0.904. The number of amides is 2. The van der Waals surface area contributed by atoms with Crippen molar-refractivity contribution in [3.05, 3.63) is 11.8 Å². The van der Waals surface area contributed by atoms with E-state index in [4.69, 9.17) is 4.52 Å². The molecule has 0 radical (unpaired) electrons. The van der Waals surface area contributed by atoms with Gasteiger partial charge in [0, 0.05) is 19.5 Å². The molecular formula is C15H23N3O3. The highest BCUT2D eigenvalue weighted by atomic mass is 16.5. The van der Waals surface area contributed by atoms with Gasteiger partial charge in [0.15, 0.2) is 5.82 Å². The molecule has 0 aromatic carbocycles. The topological polar surface area (TPSA) is 75.4 Å². The van der Waals surface area contributed by atoms with Crippen LogP contribution in [0.2, 0.25) is 0 Å². The summed E-state index contributed by atoms with van der Waals surface area (Å²) in [6, 6.07) is 1.65. The Hall–Kier alpha value is -1.85. The molecule has 2 rings (SSSR count). The molecule has 0 unspecified atom stereocenters. The van der Waals surface area contributed by atoms with Gasteiger partial charge in [-0.3, -0.25) is 9.59 Å². The average molecular weight is 293 g/mol. The standard InChI is InChI=1S/C15H23N3O3/c1-11-8-14(17-21-11)16-15(20)10-18(12(2)19)9-13-6-4-3-5-7-13/h8,13H,3-7,9-10H2,1-2H3,(H,16,17,20). The number of rotatable bonds is 5. The van der Waals surface area contributed by atoms with Crippen molar-refractivity contribution >= 4 is 17.6 Å². The van der Waals surface area contributed by atoms with E-state index in [0.29, 0.717) is 24.0 Å². The van der Waals surface area contributed by atoms with E-state index in [9.17, 15) is 9.59 Å². The van der Waals surface area contributed by atoms with Crippen LogP contribution < -0.4 is 5.32 Å². The molecule has 116 valence electrons. The second kappa shape index (κ2) is 7.24. The Kier molecular flexibility index (Phi) is 5.36. The summed E-state index contributed by atoms with van der Waals surface area (Å²) in [5, 5.41) is 6.36. The molecule has 1 aromatic rings. The van der Waals surface area contributed by atoms with Gasteiger partial charge in [-0.1, -0.05) is 24.4 Å². The number of hydrogen-bond acceptors (Lipinski definition) is 4. The third-order valence-electron chi connectivity index (χ3n) is 3.88. The van der Waals surface area contributed by atoms with Crippen LogP contribution in [0.15, 0.2) is 10.6 Å². The molecule has 1 N–H and O–H groups in total. The SMILES string of the molecule is CC(=O)N(CC(=O)Nc1cc(C)on1)CC1CCCCC1. The summed E-state index contributed by atoms with van der Waals surface area (Å²) in [4.78, 5) is 25.3. The lowest BCUT2D eigenvalue weighted by molar-refractivity contribution is -0.133. The van der Waals surface area contributed by atoms with Crippen LogP contribution in [0.25, 0.3) is 0 Å². The first kappa shape index (κ1) is 15.5. The van der Waals surface area contributed by atoms with E-state index in [2.05, 4.69) is 10.5 Å². The lowest BCUT2D eigenvalue weighted by atomic mass is 9.89. The van der Waals surface area contributed by atoms with Crippen LogP contribution in [-0.4, -0.2) is 35.0 Å². The molecule has 1 aliphatic rings. The van der Waals surface area contributed by atoms with Gasteiger partial charge >= 0.3 is 0 Å². The Morgan fingerprint density at radius 3 is 2.67 bits per heavy atom. The highest BCUT2D eigenvalue weighted by Crippen LogP contribution is 2.24. The molecule has 0 bridgehead atoms. The third-order valence-corrected chi connectivity index (χ3v) is 3.88. The summed E-state index contributed by atoms with van der Waals surface area (Å²) in [5.41, 5.74) is 0. The van der Waals surface area contributed by atoms with Crippen molar-refractivity contribution in [3.63, 3.8) is 0 Å². The first-order chi connectivity index (χ1) is 10.0. The van der Waals surface area contributed by atoms with E-state index >= 15 is 0 Å². The lowest BCUT2D eigenvalue weighted by Crippen LogP contribution is -2.40. The summed E-state index contributed by atoms with van der Waals surface area (Å²) in [7, 11) is 0. The molecular weight excluding hydrogens is 270 g/mol. The Labute approximate surface area is 124 Å². The maximum absolute atomic E-state index is 12.0.